The van der Waals surface area contributed by atoms with Crippen LogP contribution in [0.2, 0.25) is 0 Å². The fourth-order valence-corrected chi connectivity index (χ4v) is 3.96. The fraction of sp³-hybridized carbons (Fsp3) is 0.471. The maximum Gasteiger partial charge on any atom is 0.101 e. The molecule has 0 saturated heterocycles. The molecule has 112 valence electrons. The van der Waals surface area contributed by atoms with Gasteiger partial charge < -0.3 is 10.1 Å². The van der Waals surface area contributed by atoms with E-state index in [-0.39, 0.29) is 0 Å². The smallest absolute Gasteiger partial charge is 0.101 e. The maximum absolute atomic E-state index is 5.31. The zero-order valence-electron chi connectivity index (χ0n) is 12.7. The average molecular weight is 302 g/mol. The summed E-state index contributed by atoms with van der Waals surface area (Å²) in [5, 5.41) is 4.72. The number of benzene rings is 1. The standard InChI is InChI=1S/C17H22N2OS/c1-3-8-18-10-16-15(11-20-2)19-17(21-16)14-9-12-6-4-5-7-13(12)14/h4-7,14,18H,3,8-11H2,1-2H3. The first-order valence-electron chi connectivity index (χ1n) is 7.59. The number of rotatable bonds is 7. The van der Waals surface area contributed by atoms with E-state index in [0.29, 0.717) is 12.5 Å². The summed E-state index contributed by atoms with van der Waals surface area (Å²) in [4.78, 5) is 6.18. The highest BCUT2D eigenvalue weighted by molar-refractivity contribution is 7.11. The van der Waals surface area contributed by atoms with Crippen LogP contribution in [-0.4, -0.2) is 18.6 Å². The highest BCUT2D eigenvalue weighted by Gasteiger charge is 2.30. The lowest BCUT2D eigenvalue weighted by Gasteiger charge is -2.28. The Balaban J connectivity index is 1.79. The van der Waals surface area contributed by atoms with Crippen LogP contribution in [0.15, 0.2) is 24.3 Å². The van der Waals surface area contributed by atoms with Crippen LogP contribution in [0.25, 0.3) is 0 Å². The van der Waals surface area contributed by atoms with Gasteiger partial charge in [-0.1, -0.05) is 31.2 Å². The van der Waals surface area contributed by atoms with Crippen LogP contribution in [-0.2, 0) is 24.3 Å². The largest absolute Gasteiger partial charge is 0.378 e. The molecule has 1 aliphatic rings. The number of fused-ring (bicyclic) bond motifs is 1. The van der Waals surface area contributed by atoms with Crippen LogP contribution < -0.4 is 5.32 Å². The molecule has 0 spiro atoms. The number of thiazole rings is 1. The molecule has 0 aliphatic heterocycles. The van der Waals surface area contributed by atoms with Gasteiger partial charge in [-0.2, -0.15) is 0 Å². The predicted molar refractivity (Wildman–Crippen MR) is 86.8 cm³/mol. The maximum atomic E-state index is 5.31. The van der Waals surface area contributed by atoms with Crippen molar-refractivity contribution < 1.29 is 4.74 Å². The highest BCUT2D eigenvalue weighted by atomic mass is 32.1. The monoisotopic (exact) mass is 302 g/mol. The Kier molecular flexibility index (Phi) is 4.68. The van der Waals surface area contributed by atoms with Crippen molar-refractivity contribution in [3.8, 4) is 0 Å². The minimum absolute atomic E-state index is 0.488. The van der Waals surface area contributed by atoms with Gasteiger partial charge >= 0.3 is 0 Å². The van der Waals surface area contributed by atoms with Crippen LogP contribution >= 0.6 is 11.3 Å². The molecular formula is C17H22N2OS. The van der Waals surface area contributed by atoms with Gasteiger partial charge in [0.25, 0.3) is 0 Å². The van der Waals surface area contributed by atoms with Crippen molar-refractivity contribution in [2.45, 2.75) is 38.8 Å². The first kappa shape index (κ1) is 14.7. The molecule has 21 heavy (non-hydrogen) atoms. The summed E-state index contributed by atoms with van der Waals surface area (Å²) in [6, 6.07) is 8.70. The second-order valence-corrected chi connectivity index (χ2v) is 6.60. The van der Waals surface area contributed by atoms with Gasteiger partial charge in [-0.15, -0.1) is 11.3 Å². The lowest BCUT2D eigenvalue weighted by Crippen LogP contribution is -2.17. The minimum Gasteiger partial charge on any atom is -0.378 e. The van der Waals surface area contributed by atoms with Gasteiger partial charge in [0.05, 0.1) is 12.3 Å². The Labute approximate surface area is 130 Å². The van der Waals surface area contributed by atoms with E-state index in [9.17, 15) is 0 Å². The van der Waals surface area contributed by atoms with Crippen LogP contribution in [0.5, 0.6) is 0 Å². The van der Waals surface area contributed by atoms with Gasteiger partial charge in [-0.3, -0.25) is 0 Å². The average Bonchev–Trinajstić information content (AvgIpc) is 2.84. The number of hydrogen-bond donors (Lipinski definition) is 1. The van der Waals surface area contributed by atoms with Gasteiger partial charge in [0.1, 0.15) is 5.01 Å². The van der Waals surface area contributed by atoms with Crippen molar-refractivity contribution in [2.24, 2.45) is 0 Å². The summed E-state index contributed by atoms with van der Waals surface area (Å²) >= 11 is 1.84. The highest BCUT2D eigenvalue weighted by Crippen LogP contribution is 2.42. The molecule has 0 saturated carbocycles. The third kappa shape index (κ3) is 3.03. The van der Waals surface area contributed by atoms with Gasteiger partial charge in [-0.25, -0.2) is 4.98 Å². The molecule has 0 fully saturated rings. The van der Waals surface area contributed by atoms with Crippen LogP contribution in [0.4, 0.5) is 0 Å². The van der Waals surface area contributed by atoms with E-state index in [1.54, 1.807) is 7.11 Å². The molecule has 1 heterocycles. The molecule has 0 amide bonds. The Morgan fingerprint density at radius 2 is 2.24 bits per heavy atom. The number of nitrogens with one attached hydrogen (secondary N) is 1. The third-order valence-corrected chi connectivity index (χ3v) is 5.15. The summed E-state index contributed by atoms with van der Waals surface area (Å²) in [6.07, 6.45) is 2.28. The number of nitrogens with zero attached hydrogens (tertiary/aromatic N) is 1. The Morgan fingerprint density at radius 3 is 3.00 bits per heavy atom. The summed E-state index contributed by atoms with van der Waals surface area (Å²) in [7, 11) is 1.74. The number of hydrogen-bond acceptors (Lipinski definition) is 4. The van der Waals surface area contributed by atoms with Crippen LogP contribution in [0, 0.1) is 0 Å². The zero-order valence-corrected chi connectivity index (χ0v) is 13.5. The van der Waals surface area contributed by atoms with Crippen molar-refractivity contribution >= 4 is 11.3 Å². The zero-order chi connectivity index (χ0) is 14.7. The second-order valence-electron chi connectivity index (χ2n) is 5.49. The minimum atomic E-state index is 0.488. The van der Waals surface area contributed by atoms with Crippen molar-refractivity contribution in [3.05, 3.63) is 51.0 Å². The van der Waals surface area contributed by atoms with Crippen molar-refractivity contribution in [2.75, 3.05) is 13.7 Å². The summed E-state index contributed by atoms with van der Waals surface area (Å²) in [5.41, 5.74) is 4.02. The van der Waals surface area contributed by atoms with Crippen LogP contribution in [0.3, 0.4) is 0 Å². The van der Waals surface area contributed by atoms with Crippen molar-refractivity contribution in [1.29, 1.82) is 0 Å². The van der Waals surface area contributed by atoms with Crippen molar-refractivity contribution in [3.63, 3.8) is 0 Å². The van der Waals surface area contributed by atoms with Gasteiger partial charge in [0.15, 0.2) is 0 Å². The quantitative estimate of drug-likeness (QED) is 0.795. The molecule has 3 rings (SSSR count). The van der Waals surface area contributed by atoms with Crippen LogP contribution in [0.1, 0.15) is 46.0 Å². The predicted octanol–water partition coefficient (Wildman–Crippen LogP) is 3.48. The second kappa shape index (κ2) is 6.69. The van der Waals surface area contributed by atoms with E-state index < -0.39 is 0 Å². The molecule has 1 unspecified atom stereocenters. The topological polar surface area (TPSA) is 34.2 Å². The molecule has 2 aromatic rings. The van der Waals surface area contributed by atoms with Gasteiger partial charge in [0.2, 0.25) is 0 Å². The Hall–Kier alpha value is -1.23. The SMILES string of the molecule is CCCNCc1sc(C2Cc3ccccc32)nc1COC. The van der Waals surface area contributed by atoms with Gasteiger partial charge in [0, 0.05) is 24.4 Å². The fourth-order valence-electron chi connectivity index (χ4n) is 2.80. The number of methoxy groups -OCH3 is 1. The Morgan fingerprint density at radius 1 is 1.38 bits per heavy atom. The number of aromatic nitrogens is 1. The first-order valence-corrected chi connectivity index (χ1v) is 8.41. The van der Waals surface area contributed by atoms with E-state index in [2.05, 4.69) is 36.5 Å². The molecule has 4 heteroatoms. The normalized spacial score (nSPS) is 16.6. The summed E-state index contributed by atoms with van der Waals surface area (Å²) in [5.74, 6) is 0.488. The molecule has 1 N–H and O–H groups in total. The third-order valence-electron chi connectivity index (χ3n) is 3.94. The number of ether oxygens (including phenoxy) is 1. The lowest BCUT2D eigenvalue weighted by atomic mass is 9.78. The molecule has 1 atom stereocenters. The van der Waals surface area contributed by atoms with Gasteiger partial charge in [-0.05, 0) is 30.5 Å². The molecule has 0 radical (unpaired) electrons. The lowest BCUT2D eigenvalue weighted by molar-refractivity contribution is 0.181. The van der Waals surface area contributed by atoms with E-state index in [0.717, 1.165) is 31.6 Å². The molecule has 0 bridgehead atoms. The summed E-state index contributed by atoms with van der Waals surface area (Å²) < 4.78 is 5.31. The molecule has 3 nitrogen and oxygen atoms in total. The Bertz CT molecular complexity index is 609. The molecule has 1 aliphatic carbocycles. The summed E-state index contributed by atoms with van der Waals surface area (Å²) in [6.45, 7) is 4.74. The van der Waals surface area contributed by atoms with E-state index in [1.165, 1.54) is 21.0 Å². The molecule has 1 aromatic heterocycles. The van der Waals surface area contributed by atoms with E-state index in [4.69, 9.17) is 9.72 Å². The first-order chi connectivity index (χ1) is 10.3. The van der Waals surface area contributed by atoms with E-state index >= 15 is 0 Å². The molecular weight excluding hydrogens is 280 g/mol. The molecule has 1 aromatic carbocycles. The van der Waals surface area contributed by atoms with Crippen molar-refractivity contribution in [1.82, 2.24) is 10.3 Å². The van der Waals surface area contributed by atoms with E-state index in [1.807, 2.05) is 11.3 Å².